The van der Waals surface area contributed by atoms with Crippen LogP contribution in [-0.2, 0) is 6.54 Å². The molecule has 0 radical (unpaired) electrons. The minimum absolute atomic E-state index is 0.293. The molecule has 2 rings (SSSR count). The Morgan fingerprint density at radius 3 is 2.44 bits per heavy atom. The summed E-state index contributed by atoms with van der Waals surface area (Å²) in [6, 6.07) is 10.3. The van der Waals surface area contributed by atoms with E-state index in [1.807, 2.05) is 32.0 Å². The molecule has 0 saturated carbocycles. The van der Waals surface area contributed by atoms with Crippen molar-refractivity contribution in [3.63, 3.8) is 0 Å². The number of benzene rings is 2. The summed E-state index contributed by atoms with van der Waals surface area (Å²) in [7, 11) is 0. The molecular formula is C15H16FNO. The van der Waals surface area contributed by atoms with Crippen LogP contribution in [0.1, 0.15) is 16.7 Å². The molecular weight excluding hydrogens is 229 g/mol. The average Bonchev–Trinajstić information content (AvgIpc) is 2.33. The predicted octanol–water partition coefficient (Wildman–Crippen LogP) is 3.69. The number of rotatable bonds is 3. The van der Waals surface area contributed by atoms with Crippen LogP contribution in [0, 0.1) is 19.7 Å². The van der Waals surface area contributed by atoms with Crippen molar-refractivity contribution in [2.24, 2.45) is 5.73 Å². The van der Waals surface area contributed by atoms with Gasteiger partial charge in [0.1, 0.15) is 17.3 Å². The number of ether oxygens (including phenoxy) is 1. The summed E-state index contributed by atoms with van der Waals surface area (Å²) in [5, 5.41) is 0. The third-order valence-corrected chi connectivity index (χ3v) is 2.88. The van der Waals surface area contributed by atoms with Crippen LogP contribution in [-0.4, -0.2) is 0 Å². The second kappa shape index (κ2) is 5.19. The lowest BCUT2D eigenvalue weighted by Crippen LogP contribution is -1.97. The number of aryl methyl sites for hydroxylation is 2. The van der Waals surface area contributed by atoms with Gasteiger partial charge >= 0.3 is 0 Å². The van der Waals surface area contributed by atoms with Crippen LogP contribution in [0.4, 0.5) is 4.39 Å². The molecule has 0 fully saturated rings. The average molecular weight is 245 g/mol. The van der Waals surface area contributed by atoms with E-state index >= 15 is 0 Å². The van der Waals surface area contributed by atoms with E-state index in [4.69, 9.17) is 10.5 Å². The van der Waals surface area contributed by atoms with Gasteiger partial charge < -0.3 is 10.5 Å². The van der Waals surface area contributed by atoms with Crippen molar-refractivity contribution < 1.29 is 9.13 Å². The number of halogens is 1. The van der Waals surface area contributed by atoms with E-state index < -0.39 is 0 Å². The largest absolute Gasteiger partial charge is 0.457 e. The number of nitrogens with two attached hydrogens (primary N) is 1. The number of hydrogen-bond acceptors (Lipinski definition) is 2. The highest BCUT2D eigenvalue weighted by Gasteiger charge is 2.03. The van der Waals surface area contributed by atoms with Crippen molar-refractivity contribution in [3.8, 4) is 11.5 Å². The van der Waals surface area contributed by atoms with Gasteiger partial charge in [-0.15, -0.1) is 0 Å². The van der Waals surface area contributed by atoms with Crippen LogP contribution in [0.3, 0.4) is 0 Å². The Hall–Kier alpha value is -1.87. The molecule has 0 aliphatic rings. The van der Waals surface area contributed by atoms with Gasteiger partial charge in [-0.1, -0.05) is 6.07 Å². The van der Waals surface area contributed by atoms with Gasteiger partial charge in [0.25, 0.3) is 0 Å². The van der Waals surface area contributed by atoms with Crippen LogP contribution >= 0.6 is 0 Å². The van der Waals surface area contributed by atoms with E-state index in [-0.39, 0.29) is 5.82 Å². The Morgan fingerprint density at radius 2 is 1.78 bits per heavy atom. The Morgan fingerprint density at radius 1 is 1.00 bits per heavy atom. The summed E-state index contributed by atoms with van der Waals surface area (Å²) in [5.74, 6) is 0.835. The van der Waals surface area contributed by atoms with Gasteiger partial charge in [0.15, 0.2) is 0 Å². The molecule has 0 spiro atoms. The molecule has 2 nitrogen and oxygen atoms in total. The summed E-state index contributed by atoms with van der Waals surface area (Å²) >= 11 is 0. The Bertz CT molecular complexity index is 566. The molecule has 3 heteroatoms. The number of hydrogen-bond donors (Lipinski definition) is 1. The fourth-order valence-electron chi connectivity index (χ4n) is 1.71. The smallest absolute Gasteiger partial charge is 0.130 e. The third kappa shape index (κ3) is 2.87. The maximum absolute atomic E-state index is 13.3. The quantitative estimate of drug-likeness (QED) is 0.895. The van der Waals surface area contributed by atoms with Gasteiger partial charge in [0.2, 0.25) is 0 Å². The third-order valence-electron chi connectivity index (χ3n) is 2.88. The first-order chi connectivity index (χ1) is 8.58. The lowest BCUT2D eigenvalue weighted by atomic mass is 10.1. The molecule has 94 valence electrons. The lowest BCUT2D eigenvalue weighted by Gasteiger charge is -2.09. The maximum Gasteiger partial charge on any atom is 0.130 e. The van der Waals surface area contributed by atoms with Gasteiger partial charge in [-0.2, -0.15) is 0 Å². The van der Waals surface area contributed by atoms with Crippen molar-refractivity contribution >= 4 is 0 Å². The summed E-state index contributed by atoms with van der Waals surface area (Å²) < 4.78 is 19.0. The SMILES string of the molecule is Cc1ccc(Oc2cc(F)cc(CN)c2)cc1C. The molecule has 2 N–H and O–H groups in total. The topological polar surface area (TPSA) is 35.2 Å². The van der Waals surface area contributed by atoms with E-state index in [0.717, 1.165) is 5.56 Å². The second-order valence-corrected chi connectivity index (χ2v) is 4.35. The van der Waals surface area contributed by atoms with Crippen molar-refractivity contribution in [3.05, 3.63) is 58.9 Å². The van der Waals surface area contributed by atoms with E-state index in [9.17, 15) is 4.39 Å². The van der Waals surface area contributed by atoms with Crippen LogP contribution in [0.5, 0.6) is 11.5 Å². The van der Waals surface area contributed by atoms with Gasteiger partial charge in [0, 0.05) is 12.6 Å². The molecule has 0 heterocycles. The molecule has 0 saturated heterocycles. The highest BCUT2D eigenvalue weighted by atomic mass is 19.1. The van der Waals surface area contributed by atoms with Crippen molar-refractivity contribution in [1.29, 1.82) is 0 Å². The Kier molecular flexibility index (Phi) is 3.63. The van der Waals surface area contributed by atoms with Crippen LogP contribution < -0.4 is 10.5 Å². The monoisotopic (exact) mass is 245 g/mol. The maximum atomic E-state index is 13.3. The molecule has 18 heavy (non-hydrogen) atoms. The fourth-order valence-corrected chi connectivity index (χ4v) is 1.71. The molecule has 0 aromatic heterocycles. The molecule has 2 aromatic carbocycles. The highest BCUT2D eigenvalue weighted by molar-refractivity contribution is 5.38. The van der Waals surface area contributed by atoms with Gasteiger partial charge in [0.05, 0.1) is 0 Å². The Balaban J connectivity index is 2.27. The zero-order valence-corrected chi connectivity index (χ0v) is 10.5. The van der Waals surface area contributed by atoms with Crippen LogP contribution in [0.15, 0.2) is 36.4 Å². The van der Waals surface area contributed by atoms with E-state index in [2.05, 4.69) is 0 Å². The van der Waals surface area contributed by atoms with E-state index in [1.165, 1.54) is 17.7 Å². The lowest BCUT2D eigenvalue weighted by molar-refractivity contribution is 0.475. The molecule has 0 atom stereocenters. The minimum Gasteiger partial charge on any atom is -0.457 e. The second-order valence-electron chi connectivity index (χ2n) is 4.35. The van der Waals surface area contributed by atoms with Crippen molar-refractivity contribution in [2.45, 2.75) is 20.4 Å². The molecule has 2 aromatic rings. The summed E-state index contributed by atoms with van der Waals surface area (Å²) in [5.41, 5.74) is 8.56. The van der Waals surface area contributed by atoms with Gasteiger partial charge in [-0.25, -0.2) is 4.39 Å². The molecule has 0 amide bonds. The molecule has 0 aliphatic carbocycles. The molecule has 0 aliphatic heterocycles. The summed E-state index contributed by atoms with van der Waals surface area (Å²) in [4.78, 5) is 0. The van der Waals surface area contributed by atoms with Crippen molar-refractivity contribution in [1.82, 2.24) is 0 Å². The van der Waals surface area contributed by atoms with Gasteiger partial charge in [-0.05, 0) is 54.8 Å². The minimum atomic E-state index is -0.336. The first kappa shape index (κ1) is 12.6. The summed E-state index contributed by atoms with van der Waals surface area (Å²) in [6.07, 6.45) is 0. The van der Waals surface area contributed by atoms with Crippen molar-refractivity contribution in [2.75, 3.05) is 0 Å². The van der Waals surface area contributed by atoms with E-state index in [1.54, 1.807) is 6.07 Å². The first-order valence-corrected chi connectivity index (χ1v) is 5.83. The fraction of sp³-hybridized carbons (Fsp3) is 0.200. The Labute approximate surface area is 106 Å². The van der Waals surface area contributed by atoms with E-state index in [0.29, 0.717) is 23.6 Å². The first-order valence-electron chi connectivity index (χ1n) is 5.83. The molecule has 0 unspecified atom stereocenters. The van der Waals surface area contributed by atoms with Crippen LogP contribution in [0.2, 0.25) is 0 Å². The highest BCUT2D eigenvalue weighted by Crippen LogP contribution is 2.25. The zero-order chi connectivity index (χ0) is 13.1. The standard InChI is InChI=1S/C15H16FNO/c1-10-3-4-14(5-11(10)2)18-15-7-12(9-17)6-13(16)8-15/h3-8H,9,17H2,1-2H3. The normalized spacial score (nSPS) is 10.4. The molecule has 0 bridgehead atoms. The summed E-state index contributed by atoms with van der Waals surface area (Å²) in [6.45, 7) is 4.34. The predicted molar refractivity (Wildman–Crippen MR) is 70.3 cm³/mol. The zero-order valence-electron chi connectivity index (χ0n) is 10.5. The van der Waals surface area contributed by atoms with Gasteiger partial charge in [-0.3, -0.25) is 0 Å². The van der Waals surface area contributed by atoms with Crippen LogP contribution in [0.25, 0.3) is 0 Å².